The molecule has 1 heterocycles. The Balaban J connectivity index is 1.60. The maximum atomic E-state index is 12.8. The summed E-state index contributed by atoms with van der Waals surface area (Å²) in [6.07, 6.45) is -2.59. The predicted octanol–water partition coefficient (Wildman–Crippen LogP) is 4.28. The van der Waals surface area contributed by atoms with Gasteiger partial charge in [0.1, 0.15) is 18.0 Å². The van der Waals surface area contributed by atoms with E-state index >= 15 is 0 Å². The van der Waals surface area contributed by atoms with E-state index in [2.05, 4.69) is 0 Å². The van der Waals surface area contributed by atoms with Crippen LogP contribution >= 0.6 is 11.6 Å². The summed E-state index contributed by atoms with van der Waals surface area (Å²) in [6, 6.07) is 6.88. The third-order valence-corrected chi connectivity index (χ3v) is 5.54. The first kappa shape index (κ1) is 18.8. The average molecular weight is 378 g/mol. The lowest BCUT2D eigenvalue weighted by atomic mass is 9.86. The molecule has 1 N–H and O–H groups in total. The number of ether oxygens (including phenoxy) is 1. The first-order chi connectivity index (χ1) is 11.8. The molecule has 1 aliphatic carbocycles. The summed E-state index contributed by atoms with van der Waals surface area (Å²) >= 11 is 5.96. The topological polar surface area (TPSA) is 32.7 Å². The van der Waals surface area contributed by atoms with Crippen LogP contribution in [0.25, 0.3) is 0 Å². The second-order valence-corrected chi connectivity index (χ2v) is 7.39. The number of alkyl halides is 3. The van der Waals surface area contributed by atoms with Gasteiger partial charge in [-0.3, -0.25) is 4.90 Å². The maximum absolute atomic E-state index is 12.8. The minimum Gasteiger partial charge on any atom is -0.488 e. The predicted molar refractivity (Wildman–Crippen MR) is 89.9 cm³/mol. The molecule has 3 nitrogen and oxygen atoms in total. The van der Waals surface area contributed by atoms with Gasteiger partial charge in [0.2, 0.25) is 0 Å². The largest absolute Gasteiger partial charge is 0.488 e. The fourth-order valence-electron chi connectivity index (χ4n) is 3.92. The molecule has 3 rings (SSSR count). The molecule has 3 atom stereocenters. The van der Waals surface area contributed by atoms with E-state index in [1.807, 2.05) is 4.90 Å². The first-order valence-electron chi connectivity index (χ1n) is 8.75. The lowest BCUT2D eigenvalue weighted by Crippen LogP contribution is -2.55. The van der Waals surface area contributed by atoms with Crippen LogP contribution in [0.4, 0.5) is 13.2 Å². The second kappa shape index (κ2) is 7.72. The monoisotopic (exact) mass is 377 g/mol. The molecule has 0 amide bonds. The van der Waals surface area contributed by atoms with Gasteiger partial charge in [0.05, 0.1) is 5.92 Å². The van der Waals surface area contributed by atoms with Crippen LogP contribution in [0.15, 0.2) is 24.3 Å². The summed E-state index contributed by atoms with van der Waals surface area (Å²) in [7, 11) is 0. The molecule has 140 valence electrons. The zero-order valence-electron chi connectivity index (χ0n) is 13.9. The van der Waals surface area contributed by atoms with Crippen LogP contribution in [-0.4, -0.2) is 47.5 Å². The van der Waals surface area contributed by atoms with Gasteiger partial charge in [-0.1, -0.05) is 17.7 Å². The smallest absolute Gasteiger partial charge is 0.391 e. The molecule has 7 heteroatoms. The molecular formula is C18H23ClF3NO2. The Labute approximate surface area is 150 Å². The number of piperidine rings is 1. The van der Waals surface area contributed by atoms with Crippen LogP contribution in [0.2, 0.25) is 5.02 Å². The van der Waals surface area contributed by atoms with E-state index < -0.39 is 18.2 Å². The molecule has 1 saturated heterocycles. The van der Waals surface area contributed by atoms with Gasteiger partial charge in [-0.05, 0) is 63.4 Å². The molecule has 1 aromatic carbocycles. The summed E-state index contributed by atoms with van der Waals surface area (Å²) in [4.78, 5) is 2.00. The van der Waals surface area contributed by atoms with Gasteiger partial charge in [-0.25, -0.2) is 0 Å². The second-order valence-electron chi connectivity index (χ2n) is 6.95. The van der Waals surface area contributed by atoms with Crippen molar-refractivity contribution >= 4 is 11.6 Å². The van der Waals surface area contributed by atoms with Crippen molar-refractivity contribution in [1.82, 2.24) is 4.90 Å². The highest BCUT2D eigenvalue weighted by molar-refractivity contribution is 6.30. The molecule has 0 bridgehead atoms. The van der Waals surface area contributed by atoms with E-state index in [9.17, 15) is 18.3 Å². The van der Waals surface area contributed by atoms with E-state index in [4.69, 9.17) is 16.3 Å². The molecular weight excluding hydrogens is 355 g/mol. The highest BCUT2D eigenvalue weighted by atomic mass is 35.5. The molecule has 2 fully saturated rings. The molecule has 0 spiro atoms. The summed E-state index contributed by atoms with van der Waals surface area (Å²) in [5.41, 5.74) is 0. The lowest BCUT2D eigenvalue weighted by molar-refractivity contribution is -0.188. The van der Waals surface area contributed by atoms with Crippen LogP contribution in [0.3, 0.4) is 0 Å². The van der Waals surface area contributed by atoms with Crippen molar-refractivity contribution in [2.45, 2.75) is 56.5 Å². The van der Waals surface area contributed by atoms with Gasteiger partial charge < -0.3 is 9.84 Å². The van der Waals surface area contributed by atoms with E-state index in [0.29, 0.717) is 23.9 Å². The highest BCUT2D eigenvalue weighted by Gasteiger charge is 2.44. The number of aliphatic hydroxyl groups is 1. The third-order valence-electron chi connectivity index (χ3n) is 5.31. The Kier molecular flexibility index (Phi) is 5.81. The zero-order chi connectivity index (χ0) is 18.0. The molecule has 0 unspecified atom stereocenters. The third kappa shape index (κ3) is 4.60. The number of aliphatic hydroxyl groups excluding tert-OH is 1. The van der Waals surface area contributed by atoms with Crippen molar-refractivity contribution in [2.75, 3.05) is 13.1 Å². The zero-order valence-corrected chi connectivity index (χ0v) is 14.6. The average Bonchev–Trinajstić information content (AvgIpc) is 2.56. The Hall–Kier alpha value is -0.980. The molecule has 2 aliphatic rings. The van der Waals surface area contributed by atoms with Crippen molar-refractivity contribution < 1.29 is 23.0 Å². The number of nitrogens with zero attached hydrogens (tertiary/aromatic N) is 1. The van der Waals surface area contributed by atoms with Crippen molar-refractivity contribution in [3.05, 3.63) is 29.3 Å². The Morgan fingerprint density at radius 2 is 1.84 bits per heavy atom. The molecule has 0 radical (unpaired) electrons. The Morgan fingerprint density at radius 1 is 1.12 bits per heavy atom. The minimum atomic E-state index is -4.12. The number of hydrogen-bond donors (Lipinski definition) is 1. The van der Waals surface area contributed by atoms with Gasteiger partial charge in [0.15, 0.2) is 0 Å². The quantitative estimate of drug-likeness (QED) is 0.853. The van der Waals surface area contributed by atoms with Crippen molar-refractivity contribution in [1.29, 1.82) is 0 Å². The van der Waals surface area contributed by atoms with Crippen LogP contribution in [0, 0.1) is 5.92 Å². The molecule has 0 aromatic heterocycles. The van der Waals surface area contributed by atoms with Gasteiger partial charge in [-0.15, -0.1) is 0 Å². The van der Waals surface area contributed by atoms with E-state index in [1.165, 1.54) is 0 Å². The van der Waals surface area contributed by atoms with E-state index in [1.54, 1.807) is 24.3 Å². The fourth-order valence-corrected chi connectivity index (χ4v) is 4.10. The van der Waals surface area contributed by atoms with Crippen LogP contribution in [0.1, 0.15) is 32.1 Å². The van der Waals surface area contributed by atoms with Gasteiger partial charge >= 0.3 is 6.18 Å². The van der Waals surface area contributed by atoms with Crippen molar-refractivity contribution in [3.8, 4) is 5.75 Å². The Morgan fingerprint density at radius 3 is 2.48 bits per heavy atom. The number of halogens is 4. The number of likely N-dealkylation sites (tertiary alicyclic amines) is 1. The van der Waals surface area contributed by atoms with Crippen LogP contribution < -0.4 is 4.74 Å². The molecule has 1 aliphatic heterocycles. The van der Waals surface area contributed by atoms with Crippen molar-refractivity contribution in [2.24, 2.45) is 5.92 Å². The minimum absolute atomic E-state index is 0.104. The van der Waals surface area contributed by atoms with Gasteiger partial charge in [0.25, 0.3) is 0 Å². The van der Waals surface area contributed by atoms with E-state index in [0.717, 1.165) is 19.3 Å². The number of rotatable bonds is 3. The number of benzene rings is 1. The Bertz CT molecular complexity index is 576. The summed E-state index contributed by atoms with van der Waals surface area (Å²) in [5.74, 6) is -0.615. The molecule has 1 saturated carbocycles. The standard InChI is InChI=1S/C18H23ClF3NO2/c19-13-3-1-4-14(11-13)25-16-6-2-5-15(17(16)24)23-9-7-12(8-10-23)18(20,21)22/h1,3-4,11-12,15-17,24H,2,5-10H2/t15-,16+,17+/m0/s1. The van der Waals surface area contributed by atoms with Crippen molar-refractivity contribution in [3.63, 3.8) is 0 Å². The van der Waals surface area contributed by atoms with Gasteiger partial charge in [-0.2, -0.15) is 13.2 Å². The first-order valence-corrected chi connectivity index (χ1v) is 9.13. The normalized spacial score (nSPS) is 29.6. The summed E-state index contributed by atoms with van der Waals surface area (Å²) in [6.45, 7) is 0.742. The van der Waals surface area contributed by atoms with Gasteiger partial charge in [0, 0.05) is 11.1 Å². The SMILES string of the molecule is O[C@H]1[C@H](Oc2cccc(Cl)c2)CCC[C@@H]1N1CCC(C(F)(F)F)CC1. The van der Waals surface area contributed by atoms with E-state index in [-0.39, 0.29) is 25.0 Å². The van der Waals surface area contributed by atoms with Crippen LogP contribution in [0.5, 0.6) is 5.75 Å². The summed E-state index contributed by atoms with van der Waals surface area (Å²) < 4.78 is 44.4. The maximum Gasteiger partial charge on any atom is 0.391 e. The molecule has 1 aromatic rings. The van der Waals surface area contributed by atoms with Crippen LogP contribution in [-0.2, 0) is 0 Å². The lowest BCUT2D eigenvalue weighted by Gasteiger charge is -2.44. The highest BCUT2D eigenvalue weighted by Crippen LogP contribution is 2.36. The number of hydrogen-bond acceptors (Lipinski definition) is 3. The summed E-state index contributed by atoms with van der Waals surface area (Å²) in [5, 5.41) is 11.3. The fraction of sp³-hybridized carbons (Fsp3) is 0.667. The molecule has 25 heavy (non-hydrogen) atoms.